The van der Waals surface area contributed by atoms with Crippen molar-refractivity contribution in [2.24, 2.45) is 0 Å². The molecule has 4 rings (SSSR count). The molecular weight excluding hydrogens is 391 g/mol. The quantitative estimate of drug-likeness (QED) is 0.702. The number of likely N-dealkylation sites (tertiary alicyclic amines) is 1. The van der Waals surface area contributed by atoms with E-state index in [0.29, 0.717) is 35.9 Å². The monoisotopic (exact) mass is 412 g/mol. The molecule has 8 heteroatoms. The summed E-state index contributed by atoms with van der Waals surface area (Å²) in [4.78, 5) is 23.4. The Bertz CT molecular complexity index is 1030. The van der Waals surface area contributed by atoms with Crippen molar-refractivity contribution in [2.45, 2.75) is 25.9 Å². The van der Waals surface area contributed by atoms with Gasteiger partial charge in [-0.25, -0.2) is 14.4 Å². The lowest BCUT2D eigenvalue weighted by Gasteiger charge is -2.33. The fraction of sp³-hybridized carbons (Fsp3) is 0.286. The number of carbonyl (C=O) groups is 1. The molecule has 0 bridgehead atoms. The van der Waals surface area contributed by atoms with Crippen LogP contribution in [0, 0.1) is 12.7 Å². The summed E-state index contributed by atoms with van der Waals surface area (Å²) < 4.78 is 20.7. The summed E-state index contributed by atoms with van der Waals surface area (Å²) in [7, 11) is 0. The number of thiazole rings is 1. The van der Waals surface area contributed by atoms with Gasteiger partial charge in [0, 0.05) is 34.9 Å². The lowest BCUT2D eigenvalue weighted by atomic mass is 10.0. The molecule has 3 aromatic rings. The molecule has 1 aliphatic heterocycles. The van der Waals surface area contributed by atoms with E-state index in [0.717, 1.165) is 18.4 Å². The highest BCUT2D eigenvalue weighted by molar-refractivity contribution is 7.07. The molecule has 1 fully saturated rings. The van der Waals surface area contributed by atoms with Crippen molar-refractivity contribution >= 4 is 22.9 Å². The fourth-order valence-electron chi connectivity index (χ4n) is 3.48. The standard InChI is InChI=1S/C21H21FN4O2S/c1-13-17(23)7-8-24-20(13)28-14-4-3-9-26(10-14)21(27)19-15(5-2-6-16(19)22)18-11-29-12-25-18/h2,5-8,11-12,14H,3-4,9-10H2,1H3,(H2,23,24). The van der Waals surface area contributed by atoms with E-state index in [4.69, 9.17) is 10.5 Å². The second-order valence-electron chi connectivity index (χ2n) is 7.00. The topological polar surface area (TPSA) is 81.3 Å². The van der Waals surface area contributed by atoms with E-state index in [1.807, 2.05) is 12.3 Å². The molecule has 150 valence electrons. The van der Waals surface area contributed by atoms with Crippen molar-refractivity contribution in [3.8, 4) is 17.1 Å². The Morgan fingerprint density at radius 2 is 2.21 bits per heavy atom. The Kier molecular flexibility index (Phi) is 5.44. The third-order valence-corrected chi connectivity index (χ3v) is 5.67. The number of benzene rings is 1. The number of rotatable bonds is 4. The van der Waals surface area contributed by atoms with E-state index in [-0.39, 0.29) is 17.6 Å². The molecule has 29 heavy (non-hydrogen) atoms. The van der Waals surface area contributed by atoms with Gasteiger partial charge < -0.3 is 15.4 Å². The molecule has 0 aliphatic carbocycles. The van der Waals surface area contributed by atoms with Crippen LogP contribution in [0.3, 0.4) is 0 Å². The number of hydrogen-bond donors (Lipinski definition) is 1. The molecular formula is C21H21FN4O2S. The molecule has 2 aromatic heterocycles. The smallest absolute Gasteiger partial charge is 0.257 e. The van der Waals surface area contributed by atoms with Crippen molar-refractivity contribution in [3.05, 3.63) is 58.3 Å². The van der Waals surface area contributed by atoms with Gasteiger partial charge in [0.1, 0.15) is 11.9 Å². The summed E-state index contributed by atoms with van der Waals surface area (Å²) in [6.07, 6.45) is 2.92. The minimum atomic E-state index is -0.545. The van der Waals surface area contributed by atoms with Crippen molar-refractivity contribution in [3.63, 3.8) is 0 Å². The Balaban J connectivity index is 1.56. The maximum atomic E-state index is 14.7. The SMILES string of the molecule is Cc1c(N)ccnc1OC1CCCN(C(=O)c2c(F)cccc2-c2cscn2)C1. The number of piperidine rings is 1. The molecule has 1 aromatic carbocycles. The van der Waals surface area contributed by atoms with E-state index in [2.05, 4.69) is 9.97 Å². The summed E-state index contributed by atoms with van der Waals surface area (Å²) in [6, 6.07) is 6.35. The second-order valence-corrected chi connectivity index (χ2v) is 7.72. The number of halogens is 1. The van der Waals surface area contributed by atoms with Crippen LogP contribution in [0.15, 0.2) is 41.4 Å². The molecule has 0 spiro atoms. The van der Waals surface area contributed by atoms with Crippen molar-refractivity contribution in [1.29, 1.82) is 0 Å². The van der Waals surface area contributed by atoms with Crippen LogP contribution in [-0.2, 0) is 0 Å². The number of nitrogens with two attached hydrogens (primary N) is 1. The van der Waals surface area contributed by atoms with Gasteiger partial charge in [0.2, 0.25) is 5.88 Å². The Hall–Kier alpha value is -3.00. The van der Waals surface area contributed by atoms with Crippen molar-refractivity contribution < 1.29 is 13.9 Å². The molecule has 1 atom stereocenters. The van der Waals surface area contributed by atoms with Gasteiger partial charge in [-0.05, 0) is 31.9 Å². The van der Waals surface area contributed by atoms with Crippen LogP contribution < -0.4 is 10.5 Å². The first-order chi connectivity index (χ1) is 14.0. The number of pyridine rings is 1. The minimum absolute atomic E-state index is 0.0531. The third-order valence-electron chi connectivity index (χ3n) is 5.08. The number of hydrogen-bond acceptors (Lipinski definition) is 6. The maximum Gasteiger partial charge on any atom is 0.257 e. The van der Waals surface area contributed by atoms with E-state index < -0.39 is 5.82 Å². The summed E-state index contributed by atoms with van der Waals surface area (Å²) in [5.74, 6) is -0.424. The van der Waals surface area contributed by atoms with Crippen LogP contribution in [-0.4, -0.2) is 40.0 Å². The minimum Gasteiger partial charge on any atom is -0.472 e. The number of aromatic nitrogens is 2. The first-order valence-electron chi connectivity index (χ1n) is 9.38. The van der Waals surface area contributed by atoms with E-state index in [9.17, 15) is 9.18 Å². The van der Waals surface area contributed by atoms with Crippen LogP contribution >= 0.6 is 11.3 Å². The average Bonchev–Trinajstić information content (AvgIpc) is 3.26. The molecule has 2 N–H and O–H groups in total. The molecule has 1 saturated heterocycles. The number of nitrogens with zero attached hydrogens (tertiary/aromatic N) is 3. The second kappa shape index (κ2) is 8.16. The van der Waals surface area contributed by atoms with Crippen LogP contribution in [0.1, 0.15) is 28.8 Å². The Labute approximate surface area is 172 Å². The number of carbonyl (C=O) groups excluding carboxylic acids is 1. The highest BCUT2D eigenvalue weighted by Crippen LogP contribution is 2.29. The van der Waals surface area contributed by atoms with Gasteiger partial charge in [-0.15, -0.1) is 11.3 Å². The maximum absolute atomic E-state index is 14.7. The van der Waals surface area contributed by atoms with E-state index in [1.54, 1.807) is 34.8 Å². The number of anilines is 1. The molecule has 0 saturated carbocycles. The zero-order valence-electron chi connectivity index (χ0n) is 16.0. The zero-order chi connectivity index (χ0) is 20.4. The number of amides is 1. The third kappa shape index (κ3) is 3.93. The highest BCUT2D eigenvalue weighted by atomic mass is 32.1. The summed E-state index contributed by atoms with van der Waals surface area (Å²) in [5.41, 5.74) is 10.1. The predicted molar refractivity (Wildman–Crippen MR) is 110 cm³/mol. The van der Waals surface area contributed by atoms with Gasteiger partial charge in [-0.1, -0.05) is 12.1 Å². The summed E-state index contributed by atoms with van der Waals surface area (Å²) in [6.45, 7) is 2.76. The van der Waals surface area contributed by atoms with E-state index >= 15 is 0 Å². The summed E-state index contributed by atoms with van der Waals surface area (Å²) in [5, 5.41) is 1.81. The normalized spacial score (nSPS) is 16.6. The molecule has 1 aliphatic rings. The van der Waals surface area contributed by atoms with Gasteiger partial charge in [0.15, 0.2) is 0 Å². The van der Waals surface area contributed by atoms with Crippen LogP contribution in [0.2, 0.25) is 0 Å². The van der Waals surface area contributed by atoms with Crippen LogP contribution in [0.5, 0.6) is 5.88 Å². The van der Waals surface area contributed by atoms with Gasteiger partial charge in [-0.2, -0.15) is 0 Å². The first kappa shape index (κ1) is 19.3. The predicted octanol–water partition coefficient (Wildman–Crippen LogP) is 3.92. The highest BCUT2D eigenvalue weighted by Gasteiger charge is 2.29. The largest absolute Gasteiger partial charge is 0.472 e. The molecule has 6 nitrogen and oxygen atoms in total. The van der Waals surface area contributed by atoms with Gasteiger partial charge >= 0.3 is 0 Å². The number of nitrogen functional groups attached to an aromatic ring is 1. The lowest BCUT2D eigenvalue weighted by Crippen LogP contribution is -2.45. The molecule has 0 radical (unpaired) electrons. The van der Waals surface area contributed by atoms with Crippen molar-refractivity contribution in [1.82, 2.24) is 14.9 Å². The lowest BCUT2D eigenvalue weighted by molar-refractivity contribution is 0.0523. The Morgan fingerprint density at radius 3 is 3.00 bits per heavy atom. The number of ether oxygens (including phenoxy) is 1. The van der Waals surface area contributed by atoms with Crippen LogP contribution in [0.4, 0.5) is 10.1 Å². The van der Waals surface area contributed by atoms with Gasteiger partial charge in [0.25, 0.3) is 5.91 Å². The van der Waals surface area contributed by atoms with Gasteiger partial charge in [-0.3, -0.25) is 4.79 Å². The van der Waals surface area contributed by atoms with E-state index in [1.165, 1.54) is 17.4 Å². The zero-order valence-corrected chi connectivity index (χ0v) is 16.8. The van der Waals surface area contributed by atoms with Gasteiger partial charge in [0.05, 0.1) is 23.3 Å². The average molecular weight is 412 g/mol. The Morgan fingerprint density at radius 1 is 1.34 bits per heavy atom. The summed E-state index contributed by atoms with van der Waals surface area (Å²) >= 11 is 1.40. The molecule has 3 heterocycles. The van der Waals surface area contributed by atoms with Crippen molar-refractivity contribution in [2.75, 3.05) is 18.8 Å². The molecule has 1 amide bonds. The molecule has 1 unspecified atom stereocenters. The fourth-order valence-corrected chi connectivity index (χ4v) is 4.04. The van der Waals surface area contributed by atoms with Crippen LogP contribution in [0.25, 0.3) is 11.3 Å². The first-order valence-corrected chi connectivity index (χ1v) is 10.3.